The molecule has 1 nitrogen and oxygen atoms in total. The van der Waals surface area contributed by atoms with E-state index in [4.69, 9.17) is 2.81 Å². The first-order valence-electron chi connectivity index (χ1n) is 1.59. The summed E-state index contributed by atoms with van der Waals surface area (Å²) in [7, 11) is 0. The van der Waals surface area contributed by atoms with E-state index in [1.165, 1.54) is 0 Å². The van der Waals surface area contributed by atoms with Crippen molar-refractivity contribution in [3.8, 4) is 0 Å². The van der Waals surface area contributed by atoms with Gasteiger partial charge in [-0.15, -0.1) is 0 Å². The third-order valence-corrected chi connectivity index (χ3v) is 1.39. The van der Waals surface area contributed by atoms with E-state index in [1.54, 1.807) is 0 Å². The summed E-state index contributed by atoms with van der Waals surface area (Å²) in [5.74, 6) is 0. The maximum atomic E-state index is 4.84. The minimum Gasteiger partial charge on any atom is -1.00 e. The van der Waals surface area contributed by atoms with E-state index in [0.29, 0.717) is 6.10 Å². The van der Waals surface area contributed by atoms with Crippen LogP contribution in [0.15, 0.2) is 0 Å². The molecule has 0 saturated heterocycles. The Morgan fingerprint density at radius 3 is 1.11 bits per heavy atom. The van der Waals surface area contributed by atoms with Crippen LogP contribution in [0.2, 0.25) is 0 Å². The van der Waals surface area contributed by atoms with E-state index in [-0.39, 0.29) is 18.8 Å². The third kappa shape index (κ3) is 56.1. The van der Waals surface area contributed by atoms with Crippen LogP contribution in [0.1, 0.15) is 13.8 Å². The number of rotatable bonds is 1. The Labute approximate surface area is 67.1 Å². The molecular weight excluding hydrogens is 219 g/mol. The maximum absolute atomic E-state index is 4.84. The predicted octanol–water partition coefficient (Wildman–Crippen LogP) is -11.1. The van der Waals surface area contributed by atoms with Gasteiger partial charge in [-0.1, -0.05) is 0 Å². The molecule has 0 bridgehead atoms. The van der Waals surface area contributed by atoms with Gasteiger partial charge in [-0.25, -0.2) is 0 Å². The number of hydrogen-bond donors (Lipinski definition) is 0. The Bertz CT molecular complexity index is 29.8. The average Bonchev–Trinajstić information content (AvgIpc) is 1.38. The Morgan fingerprint density at radius 2 is 1.11 bits per heavy atom. The van der Waals surface area contributed by atoms with Gasteiger partial charge in [0.25, 0.3) is 0 Å². The van der Waals surface area contributed by atoms with Crippen molar-refractivity contribution in [1.82, 2.24) is 0 Å². The van der Waals surface area contributed by atoms with Crippen molar-refractivity contribution in [2.75, 3.05) is 0 Å². The predicted molar refractivity (Wildman–Crippen MR) is 16.2 cm³/mol. The van der Waals surface area contributed by atoms with Crippen molar-refractivity contribution in [1.29, 1.82) is 0 Å². The minimum atomic E-state index is 0. The summed E-state index contributed by atoms with van der Waals surface area (Å²) in [6, 6.07) is 0. The van der Waals surface area contributed by atoms with E-state index in [0.717, 1.165) is 25.2 Å². The standard InChI is InChI=1S/C3H7O.4FH.Zr/c1-3(2)4;;;;;/h3H,1-2H3;4*1H;/q-1;;;;;+5/p-4. The van der Waals surface area contributed by atoms with Crippen LogP contribution in [0.25, 0.3) is 0 Å². The van der Waals surface area contributed by atoms with Gasteiger partial charge in [-0.05, 0) is 0 Å². The van der Waals surface area contributed by atoms with Crippen LogP contribution in [0.5, 0.6) is 0 Å². The summed E-state index contributed by atoms with van der Waals surface area (Å²) in [4.78, 5) is 0. The summed E-state index contributed by atoms with van der Waals surface area (Å²) < 4.78 is 4.84. The fourth-order valence-electron chi connectivity index (χ4n) is 0. The molecular formula is C3H7F4OZr. The van der Waals surface area contributed by atoms with Crippen LogP contribution in [0.3, 0.4) is 0 Å². The molecule has 9 heavy (non-hydrogen) atoms. The van der Waals surface area contributed by atoms with Gasteiger partial charge < -0.3 is 18.8 Å². The Balaban J connectivity index is -0.0000000133. The molecule has 0 N–H and O–H groups in total. The second-order valence-electron chi connectivity index (χ2n) is 1.17. The van der Waals surface area contributed by atoms with Gasteiger partial charge in [0.1, 0.15) is 0 Å². The first kappa shape index (κ1) is 33.7. The SMILES string of the molecule is CC(C)[O][Zr+4].[F-].[F-].[F-].[F-]. The summed E-state index contributed by atoms with van der Waals surface area (Å²) in [5, 5.41) is 0. The molecule has 0 radical (unpaired) electrons. The van der Waals surface area contributed by atoms with E-state index >= 15 is 0 Å². The van der Waals surface area contributed by atoms with Gasteiger partial charge in [0.05, 0.1) is 0 Å². The van der Waals surface area contributed by atoms with E-state index in [9.17, 15) is 0 Å². The van der Waals surface area contributed by atoms with Crippen molar-refractivity contribution >= 4 is 0 Å². The first-order valence-corrected chi connectivity index (χ1v) is 2.60. The summed E-state index contributed by atoms with van der Waals surface area (Å²) in [5.41, 5.74) is 0. The van der Waals surface area contributed by atoms with Crippen LogP contribution < -0.4 is 18.8 Å². The van der Waals surface area contributed by atoms with Crippen LogP contribution in [0, 0.1) is 0 Å². The largest absolute Gasteiger partial charge is 1.00 e. The van der Waals surface area contributed by atoms with Gasteiger partial charge in [-0.3, -0.25) is 0 Å². The molecule has 0 aromatic heterocycles. The molecule has 0 aliphatic heterocycles. The first-order chi connectivity index (χ1) is 2.27. The average molecular weight is 226 g/mol. The Kier molecular flexibility index (Phi) is 88.0. The Hall–Kier alpha value is 0.563. The zero-order valence-corrected chi connectivity index (χ0v) is 7.46. The number of halogens is 4. The van der Waals surface area contributed by atoms with Crippen molar-refractivity contribution in [2.24, 2.45) is 0 Å². The normalized spacial score (nSPS) is 5.44. The topological polar surface area (TPSA) is 9.23 Å². The zero-order chi connectivity index (χ0) is 4.28. The minimum absolute atomic E-state index is 0. The smallest absolute Gasteiger partial charge is 1.00 e. The second-order valence-corrected chi connectivity index (χ2v) is 1.75. The summed E-state index contributed by atoms with van der Waals surface area (Å²) >= 11 is 1.16. The molecule has 0 aromatic rings. The van der Waals surface area contributed by atoms with Crippen LogP contribution >= 0.6 is 0 Å². The van der Waals surface area contributed by atoms with Gasteiger partial charge in [0, 0.05) is 0 Å². The van der Waals surface area contributed by atoms with Crippen LogP contribution in [-0.4, -0.2) is 6.10 Å². The summed E-state index contributed by atoms with van der Waals surface area (Å²) in [6.45, 7) is 4.04. The molecule has 0 aliphatic carbocycles. The molecule has 0 aliphatic rings. The maximum Gasteiger partial charge on any atom is -1.00 e. The number of hydrogen-bond acceptors (Lipinski definition) is 1. The molecule has 0 spiro atoms. The van der Waals surface area contributed by atoms with Crippen molar-refractivity contribution in [3.63, 3.8) is 0 Å². The molecule has 0 amide bonds. The Morgan fingerprint density at radius 1 is 1.00 bits per heavy atom. The van der Waals surface area contributed by atoms with Gasteiger partial charge in [0.2, 0.25) is 0 Å². The monoisotopic (exact) mass is 225 g/mol. The van der Waals surface area contributed by atoms with Crippen molar-refractivity contribution < 1.29 is 46.8 Å². The molecule has 6 heteroatoms. The fourth-order valence-corrected chi connectivity index (χ4v) is 0. The van der Waals surface area contributed by atoms with Crippen LogP contribution in [0.4, 0.5) is 0 Å². The van der Waals surface area contributed by atoms with E-state index in [2.05, 4.69) is 0 Å². The third-order valence-electron chi connectivity index (χ3n) is 0.236. The van der Waals surface area contributed by atoms with Gasteiger partial charge in [0.15, 0.2) is 0 Å². The van der Waals surface area contributed by atoms with E-state index < -0.39 is 0 Å². The molecule has 57 valence electrons. The quantitative estimate of drug-likeness (QED) is 0.404. The van der Waals surface area contributed by atoms with Crippen LogP contribution in [-0.2, 0) is 28.0 Å². The molecule has 0 fully saturated rings. The van der Waals surface area contributed by atoms with Crippen molar-refractivity contribution in [2.45, 2.75) is 20.0 Å². The molecule has 0 heterocycles. The molecule has 0 atom stereocenters. The van der Waals surface area contributed by atoms with Gasteiger partial charge >= 0.3 is 47.9 Å². The molecule has 0 rings (SSSR count). The molecule has 0 aromatic carbocycles. The van der Waals surface area contributed by atoms with Crippen molar-refractivity contribution in [3.05, 3.63) is 0 Å². The molecule has 0 unspecified atom stereocenters. The second kappa shape index (κ2) is 23.5. The summed E-state index contributed by atoms with van der Waals surface area (Å²) in [6.07, 6.45) is 0.424. The fraction of sp³-hybridized carbons (Fsp3) is 1.00. The zero-order valence-electron chi connectivity index (χ0n) is 5.00. The molecule has 0 saturated carbocycles. The van der Waals surface area contributed by atoms with Gasteiger partial charge in [-0.2, -0.15) is 0 Å². The van der Waals surface area contributed by atoms with E-state index in [1.807, 2.05) is 13.8 Å².